The van der Waals surface area contributed by atoms with Crippen molar-refractivity contribution in [3.63, 3.8) is 0 Å². The first-order chi connectivity index (χ1) is 9.33. The van der Waals surface area contributed by atoms with Crippen LogP contribution in [-0.4, -0.2) is 25.9 Å². The van der Waals surface area contributed by atoms with E-state index in [1.807, 2.05) is 0 Å². The van der Waals surface area contributed by atoms with E-state index < -0.39 is 5.60 Å². The Morgan fingerprint density at radius 2 is 2.15 bits per heavy atom. The molecule has 0 unspecified atom stereocenters. The van der Waals surface area contributed by atoms with Crippen LogP contribution in [0.3, 0.4) is 0 Å². The number of nitrogens with one attached hydrogen (secondary N) is 1. The first-order valence-electron chi connectivity index (χ1n) is 6.60. The van der Waals surface area contributed by atoms with Gasteiger partial charge in [-0.3, -0.25) is 5.10 Å². The second-order valence-corrected chi connectivity index (χ2v) is 5.68. The fourth-order valence-electron chi connectivity index (χ4n) is 1.62. The van der Waals surface area contributed by atoms with Gasteiger partial charge in [-0.25, -0.2) is 4.98 Å². The minimum atomic E-state index is -1.04. The van der Waals surface area contributed by atoms with E-state index in [-0.39, 0.29) is 0 Å². The predicted molar refractivity (Wildman–Crippen MR) is 75.8 cm³/mol. The lowest BCUT2D eigenvalue weighted by molar-refractivity contribution is 0.143. The molecule has 0 saturated heterocycles. The van der Waals surface area contributed by atoms with Gasteiger partial charge < -0.3 is 9.52 Å². The third-order valence-corrected chi connectivity index (χ3v) is 2.45. The molecule has 2 heterocycles. The molecule has 20 heavy (non-hydrogen) atoms. The average Bonchev–Trinajstić information content (AvgIpc) is 2.92. The number of H-pyrrole nitrogens is 1. The summed E-state index contributed by atoms with van der Waals surface area (Å²) in [6.07, 6.45) is 0.846. The number of furan rings is 1. The summed E-state index contributed by atoms with van der Waals surface area (Å²) in [4.78, 5) is 4.38. The molecule has 0 bridgehead atoms. The normalized spacial score (nSPS) is 11.5. The molecule has 2 rings (SSSR count). The van der Waals surface area contributed by atoms with Crippen molar-refractivity contribution in [2.24, 2.45) is 5.92 Å². The van der Waals surface area contributed by atoms with E-state index >= 15 is 0 Å². The number of rotatable bonds is 3. The maximum Gasteiger partial charge on any atom is 0.216 e. The van der Waals surface area contributed by atoms with Crippen LogP contribution in [0.1, 0.15) is 39.3 Å². The quantitative estimate of drug-likeness (QED) is 0.842. The van der Waals surface area contributed by atoms with Crippen LogP contribution in [0.2, 0.25) is 0 Å². The van der Waals surface area contributed by atoms with Gasteiger partial charge in [-0.2, -0.15) is 5.10 Å². The van der Waals surface area contributed by atoms with Crippen molar-refractivity contribution in [2.45, 2.75) is 39.7 Å². The van der Waals surface area contributed by atoms with Crippen LogP contribution in [0.15, 0.2) is 16.5 Å². The molecule has 0 saturated carbocycles. The van der Waals surface area contributed by atoms with Gasteiger partial charge in [0.05, 0.1) is 0 Å². The van der Waals surface area contributed by atoms with Crippen LogP contribution in [0.25, 0.3) is 11.6 Å². The van der Waals surface area contributed by atoms with Gasteiger partial charge in [-0.1, -0.05) is 19.8 Å². The predicted octanol–water partition coefficient (Wildman–Crippen LogP) is 2.39. The molecular weight excluding hydrogens is 254 g/mol. The van der Waals surface area contributed by atoms with Gasteiger partial charge in [0.15, 0.2) is 11.5 Å². The van der Waals surface area contributed by atoms with Crippen LogP contribution in [0.5, 0.6) is 0 Å². The Bertz CT molecular complexity index is 636. The second-order valence-electron chi connectivity index (χ2n) is 5.68. The van der Waals surface area contributed by atoms with Gasteiger partial charge in [-0.05, 0) is 37.8 Å². The van der Waals surface area contributed by atoms with Crippen molar-refractivity contribution in [2.75, 3.05) is 0 Å². The standard InChI is InChI=1S/C15H19N3O2/c1-10(2)9-13-16-14(18-17-13)12-6-5-11(20-12)7-8-15(3,4)19/h5-6,10,19H,9H2,1-4H3,(H,16,17,18). The lowest BCUT2D eigenvalue weighted by atomic mass is 10.1. The summed E-state index contributed by atoms with van der Waals surface area (Å²) >= 11 is 0. The molecule has 0 aliphatic heterocycles. The van der Waals surface area contributed by atoms with E-state index in [4.69, 9.17) is 4.42 Å². The lowest BCUT2D eigenvalue weighted by Crippen LogP contribution is -2.14. The number of hydrogen-bond donors (Lipinski definition) is 2. The first-order valence-corrected chi connectivity index (χ1v) is 6.60. The van der Waals surface area contributed by atoms with E-state index in [9.17, 15) is 5.11 Å². The minimum Gasteiger partial charge on any atom is -0.444 e. The average molecular weight is 273 g/mol. The first kappa shape index (κ1) is 14.4. The van der Waals surface area contributed by atoms with Crippen LogP contribution < -0.4 is 0 Å². The van der Waals surface area contributed by atoms with Crippen molar-refractivity contribution in [3.05, 3.63) is 23.7 Å². The Morgan fingerprint density at radius 1 is 1.40 bits per heavy atom. The Morgan fingerprint density at radius 3 is 2.80 bits per heavy atom. The monoisotopic (exact) mass is 273 g/mol. The maximum absolute atomic E-state index is 9.55. The summed E-state index contributed by atoms with van der Waals surface area (Å²) in [7, 11) is 0. The molecule has 2 N–H and O–H groups in total. The summed E-state index contributed by atoms with van der Waals surface area (Å²) in [5.74, 6) is 8.41. The highest BCUT2D eigenvalue weighted by Gasteiger charge is 2.11. The van der Waals surface area contributed by atoms with Crippen LogP contribution in [-0.2, 0) is 6.42 Å². The highest BCUT2D eigenvalue weighted by molar-refractivity contribution is 5.48. The molecule has 5 heteroatoms. The zero-order valence-electron chi connectivity index (χ0n) is 12.2. The molecule has 0 radical (unpaired) electrons. The smallest absolute Gasteiger partial charge is 0.216 e. The molecule has 0 aliphatic rings. The summed E-state index contributed by atoms with van der Waals surface area (Å²) in [6, 6.07) is 3.52. The molecule has 106 valence electrons. The zero-order chi connectivity index (χ0) is 14.8. The Balaban J connectivity index is 2.16. The van der Waals surface area contributed by atoms with E-state index in [2.05, 4.69) is 40.9 Å². The van der Waals surface area contributed by atoms with Crippen molar-refractivity contribution >= 4 is 0 Å². The number of nitrogens with zero attached hydrogens (tertiary/aromatic N) is 2. The summed E-state index contributed by atoms with van der Waals surface area (Å²) in [5.41, 5.74) is -1.04. The second kappa shape index (κ2) is 5.51. The fourth-order valence-corrected chi connectivity index (χ4v) is 1.62. The third kappa shape index (κ3) is 3.97. The van der Waals surface area contributed by atoms with Gasteiger partial charge in [0.1, 0.15) is 11.4 Å². The molecule has 0 amide bonds. The lowest BCUT2D eigenvalue weighted by Gasteiger charge is -2.05. The summed E-state index contributed by atoms with van der Waals surface area (Å²) < 4.78 is 5.55. The van der Waals surface area contributed by atoms with Crippen LogP contribution >= 0.6 is 0 Å². The van der Waals surface area contributed by atoms with Gasteiger partial charge in [0, 0.05) is 6.42 Å². The van der Waals surface area contributed by atoms with E-state index in [1.54, 1.807) is 26.0 Å². The van der Waals surface area contributed by atoms with E-state index in [0.29, 0.717) is 23.3 Å². The molecule has 0 atom stereocenters. The van der Waals surface area contributed by atoms with Crippen molar-refractivity contribution < 1.29 is 9.52 Å². The highest BCUT2D eigenvalue weighted by atomic mass is 16.3. The van der Waals surface area contributed by atoms with Gasteiger partial charge in [0.2, 0.25) is 5.82 Å². The Labute approximate surface area is 118 Å². The van der Waals surface area contributed by atoms with Crippen molar-refractivity contribution in [1.82, 2.24) is 15.2 Å². The SMILES string of the molecule is CC(C)Cc1nc(-c2ccc(C#CC(C)(C)O)o2)n[nH]1. The maximum atomic E-state index is 9.55. The molecule has 2 aromatic rings. The minimum absolute atomic E-state index is 0.484. The number of aromatic nitrogens is 3. The molecule has 0 aliphatic carbocycles. The molecule has 5 nitrogen and oxygen atoms in total. The third-order valence-electron chi connectivity index (χ3n) is 2.45. The van der Waals surface area contributed by atoms with Gasteiger partial charge in [0.25, 0.3) is 0 Å². The highest BCUT2D eigenvalue weighted by Crippen LogP contribution is 2.18. The molecule has 0 aromatic carbocycles. The van der Waals surface area contributed by atoms with Crippen molar-refractivity contribution in [3.8, 4) is 23.4 Å². The largest absolute Gasteiger partial charge is 0.444 e. The summed E-state index contributed by atoms with van der Waals surface area (Å²) in [6.45, 7) is 7.49. The van der Waals surface area contributed by atoms with E-state index in [1.165, 1.54) is 0 Å². The Hall–Kier alpha value is -2.06. The fraction of sp³-hybridized carbons (Fsp3) is 0.467. The van der Waals surface area contributed by atoms with Crippen LogP contribution in [0.4, 0.5) is 0 Å². The molecule has 0 fully saturated rings. The Kier molecular flexibility index (Phi) is 3.96. The topological polar surface area (TPSA) is 74.9 Å². The molecular formula is C15H19N3O2. The number of hydrogen-bond acceptors (Lipinski definition) is 4. The molecule has 0 spiro atoms. The van der Waals surface area contributed by atoms with Crippen LogP contribution in [0, 0.1) is 17.8 Å². The van der Waals surface area contributed by atoms with Crippen molar-refractivity contribution in [1.29, 1.82) is 0 Å². The van der Waals surface area contributed by atoms with E-state index in [0.717, 1.165) is 12.2 Å². The molecule has 2 aromatic heterocycles. The van der Waals surface area contributed by atoms with Gasteiger partial charge >= 0.3 is 0 Å². The van der Waals surface area contributed by atoms with Gasteiger partial charge in [-0.15, -0.1) is 0 Å². The number of aromatic amines is 1. The zero-order valence-corrected chi connectivity index (χ0v) is 12.2. The summed E-state index contributed by atoms with van der Waals surface area (Å²) in [5, 5.41) is 16.6. The number of aliphatic hydroxyl groups is 1.